The van der Waals surface area contributed by atoms with Crippen LogP contribution in [0.25, 0.3) is 10.8 Å². The van der Waals surface area contributed by atoms with E-state index >= 15 is 0 Å². The zero-order valence-corrected chi connectivity index (χ0v) is 29.6. The molecule has 3 atom stereocenters. The number of nitrogens with zero attached hydrogens (tertiary/aromatic N) is 1. The summed E-state index contributed by atoms with van der Waals surface area (Å²) in [6.45, 7) is 16.5. The van der Waals surface area contributed by atoms with Crippen LogP contribution in [-0.4, -0.2) is 52.9 Å². The summed E-state index contributed by atoms with van der Waals surface area (Å²) >= 11 is 0. The normalized spacial score (nSPS) is 14.4. The molecule has 9 heteroatoms. The largest absolute Gasteiger partial charge is 0.445 e. The van der Waals surface area contributed by atoms with Gasteiger partial charge in [-0.2, -0.15) is 0 Å². The standard InChI is InChI=1S/C38H52N4O5/c1-25(2)23-31(39-35(46)47-24-27-17-12-11-13-18-27)32(43)40-37(7,8)33(44)41-38(9,36(4,5)6)34(45)42(10)26(3)29-22-16-20-28-19-14-15-21-30(28)29/h11-22,25-26,31H,23-24H2,1-10H3,(H,39,46)(H,40,43)(H,41,44)/t26-,31+,38+/m1/s1. The van der Waals surface area contributed by atoms with Crippen LogP contribution in [0.1, 0.15) is 85.9 Å². The van der Waals surface area contributed by atoms with Crippen molar-refractivity contribution in [1.29, 1.82) is 0 Å². The van der Waals surface area contributed by atoms with Crippen LogP contribution in [0.5, 0.6) is 0 Å². The molecule has 4 amide bonds. The molecule has 0 aliphatic rings. The smallest absolute Gasteiger partial charge is 0.408 e. The number of fused-ring (bicyclic) bond motifs is 1. The minimum Gasteiger partial charge on any atom is -0.445 e. The summed E-state index contributed by atoms with van der Waals surface area (Å²) in [6.07, 6.45) is -0.398. The Morgan fingerprint density at radius 2 is 1.38 bits per heavy atom. The number of benzene rings is 3. The number of carbonyl (C=O) groups excluding carboxylic acids is 4. The fourth-order valence-electron chi connectivity index (χ4n) is 5.36. The molecular weight excluding hydrogens is 592 g/mol. The van der Waals surface area contributed by atoms with Gasteiger partial charge >= 0.3 is 6.09 Å². The highest BCUT2D eigenvalue weighted by Gasteiger charge is 2.49. The summed E-state index contributed by atoms with van der Waals surface area (Å²) in [5.74, 6) is -1.25. The molecule has 0 aliphatic carbocycles. The molecule has 3 aromatic rings. The van der Waals surface area contributed by atoms with E-state index in [1.165, 1.54) is 0 Å². The summed E-state index contributed by atoms with van der Waals surface area (Å²) < 4.78 is 5.34. The maximum atomic E-state index is 14.3. The summed E-state index contributed by atoms with van der Waals surface area (Å²) in [6, 6.07) is 22.1. The first kappa shape index (κ1) is 37.1. The maximum Gasteiger partial charge on any atom is 0.408 e. The predicted octanol–water partition coefficient (Wildman–Crippen LogP) is 6.52. The molecule has 0 saturated heterocycles. The van der Waals surface area contributed by atoms with Crippen LogP contribution >= 0.6 is 0 Å². The lowest BCUT2D eigenvalue weighted by atomic mass is 9.73. The van der Waals surface area contributed by atoms with E-state index in [1.54, 1.807) is 32.7 Å². The van der Waals surface area contributed by atoms with Crippen LogP contribution in [0.3, 0.4) is 0 Å². The Morgan fingerprint density at radius 1 is 0.787 bits per heavy atom. The van der Waals surface area contributed by atoms with Gasteiger partial charge in [-0.25, -0.2) is 4.79 Å². The predicted molar refractivity (Wildman–Crippen MR) is 186 cm³/mol. The second-order valence-corrected chi connectivity index (χ2v) is 14.5. The number of alkyl carbamates (subject to hydrolysis) is 1. The van der Waals surface area contributed by atoms with Gasteiger partial charge in [0, 0.05) is 7.05 Å². The van der Waals surface area contributed by atoms with Crippen molar-refractivity contribution in [2.45, 2.75) is 98.5 Å². The zero-order valence-electron chi connectivity index (χ0n) is 29.6. The van der Waals surface area contributed by atoms with Crippen molar-refractivity contribution in [2.24, 2.45) is 11.3 Å². The SMILES string of the molecule is CC(C)C[C@H](NC(=O)OCc1ccccc1)C(=O)NC(C)(C)C(=O)N[C@@](C)(C(=O)N(C)[C@H](C)c1cccc2ccccc12)C(C)(C)C. The molecule has 0 fully saturated rings. The Balaban J connectivity index is 1.77. The van der Waals surface area contributed by atoms with Crippen LogP contribution in [-0.2, 0) is 25.7 Å². The number of hydrogen-bond acceptors (Lipinski definition) is 5. The minimum absolute atomic E-state index is 0.0591. The van der Waals surface area contributed by atoms with Gasteiger partial charge in [-0.15, -0.1) is 0 Å². The highest BCUT2D eigenvalue weighted by atomic mass is 16.5. The van der Waals surface area contributed by atoms with Crippen LogP contribution in [0, 0.1) is 11.3 Å². The van der Waals surface area contributed by atoms with Gasteiger partial charge in [-0.05, 0) is 67.3 Å². The Labute approximate surface area is 279 Å². The molecule has 47 heavy (non-hydrogen) atoms. The summed E-state index contributed by atoms with van der Waals surface area (Å²) in [7, 11) is 1.75. The Bertz CT molecular complexity index is 1560. The van der Waals surface area contributed by atoms with Crippen molar-refractivity contribution in [1.82, 2.24) is 20.9 Å². The molecule has 3 rings (SSSR count). The first-order valence-corrected chi connectivity index (χ1v) is 16.2. The van der Waals surface area contributed by atoms with Crippen molar-refractivity contribution >= 4 is 34.6 Å². The second kappa shape index (κ2) is 15.0. The fraction of sp³-hybridized carbons (Fsp3) is 0.474. The topological polar surface area (TPSA) is 117 Å². The van der Waals surface area contributed by atoms with Gasteiger partial charge in [0.2, 0.25) is 17.7 Å². The fourth-order valence-corrected chi connectivity index (χ4v) is 5.36. The van der Waals surface area contributed by atoms with Crippen molar-refractivity contribution in [3.8, 4) is 0 Å². The van der Waals surface area contributed by atoms with Gasteiger partial charge in [-0.3, -0.25) is 14.4 Å². The first-order valence-electron chi connectivity index (χ1n) is 16.2. The van der Waals surface area contributed by atoms with Crippen molar-refractivity contribution in [3.05, 3.63) is 83.9 Å². The Morgan fingerprint density at radius 3 is 2.00 bits per heavy atom. The Kier molecular flexibility index (Phi) is 11.8. The highest BCUT2D eigenvalue weighted by Crippen LogP contribution is 2.35. The third-order valence-corrected chi connectivity index (χ3v) is 9.00. The van der Waals surface area contributed by atoms with E-state index in [-0.39, 0.29) is 24.5 Å². The van der Waals surface area contributed by atoms with E-state index in [0.717, 1.165) is 21.9 Å². The molecule has 3 N–H and O–H groups in total. The van der Waals surface area contributed by atoms with Gasteiger partial charge in [0.1, 0.15) is 23.7 Å². The monoisotopic (exact) mass is 644 g/mol. The lowest BCUT2D eigenvalue weighted by Crippen LogP contribution is -2.69. The van der Waals surface area contributed by atoms with Crippen LogP contribution in [0.15, 0.2) is 72.8 Å². The highest BCUT2D eigenvalue weighted by molar-refractivity contribution is 5.98. The molecule has 9 nitrogen and oxygen atoms in total. The van der Waals surface area contributed by atoms with Gasteiger partial charge in [0.25, 0.3) is 0 Å². The van der Waals surface area contributed by atoms with Crippen molar-refractivity contribution < 1.29 is 23.9 Å². The van der Waals surface area contributed by atoms with E-state index in [4.69, 9.17) is 4.74 Å². The lowest BCUT2D eigenvalue weighted by molar-refractivity contribution is -0.148. The number of rotatable bonds is 12. The average Bonchev–Trinajstić information content (AvgIpc) is 3.01. The van der Waals surface area contributed by atoms with Crippen molar-refractivity contribution in [3.63, 3.8) is 0 Å². The van der Waals surface area contributed by atoms with E-state index in [9.17, 15) is 19.2 Å². The van der Waals surface area contributed by atoms with Crippen LogP contribution in [0.4, 0.5) is 4.79 Å². The van der Waals surface area contributed by atoms with E-state index in [2.05, 4.69) is 16.0 Å². The summed E-state index contributed by atoms with van der Waals surface area (Å²) in [5.41, 5.74) is -1.64. The molecular formula is C38H52N4O5. The van der Waals surface area contributed by atoms with Gasteiger partial charge < -0.3 is 25.6 Å². The lowest BCUT2D eigenvalue weighted by Gasteiger charge is -2.46. The summed E-state index contributed by atoms with van der Waals surface area (Å²) in [5, 5.41) is 10.6. The zero-order chi connectivity index (χ0) is 35.2. The number of likely N-dealkylation sites (N-methyl/N-ethyl adjacent to an activating group) is 1. The molecule has 3 aromatic carbocycles. The number of carbonyl (C=O) groups is 4. The average molecular weight is 645 g/mol. The number of hydrogen-bond donors (Lipinski definition) is 3. The molecule has 0 radical (unpaired) electrons. The molecule has 0 unspecified atom stereocenters. The van der Waals surface area contributed by atoms with E-state index in [1.807, 2.05) is 114 Å². The third kappa shape index (κ3) is 9.11. The molecule has 0 bridgehead atoms. The Hall–Kier alpha value is -4.40. The number of nitrogens with one attached hydrogen (secondary N) is 3. The first-order chi connectivity index (χ1) is 21.9. The number of ether oxygens (including phenoxy) is 1. The second-order valence-electron chi connectivity index (χ2n) is 14.5. The molecule has 254 valence electrons. The van der Waals surface area contributed by atoms with Crippen molar-refractivity contribution in [2.75, 3.05) is 7.05 Å². The van der Waals surface area contributed by atoms with Gasteiger partial charge in [0.05, 0.1) is 6.04 Å². The molecule has 0 aliphatic heterocycles. The molecule has 0 spiro atoms. The van der Waals surface area contributed by atoms with Gasteiger partial charge in [-0.1, -0.05) is 107 Å². The molecule has 0 aromatic heterocycles. The van der Waals surface area contributed by atoms with Crippen LogP contribution in [0.2, 0.25) is 0 Å². The molecule has 0 heterocycles. The maximum absolute atomic E-state index is 14.3. The number of amides is 4. The summed E-state index contributed by atoms with van der Waals surface area (Å²) in [4.78, 5) is 56.1. The van der Waals surface area contributed by atoms with E-state index in [0.29, 0.717) is 6.42 Å². The molecule has 0 saturated carbocycles. The quantitative estimate of drug-likeness (QED) is 0.208. The van der Waals surface area contributed by atoms with Gasteiger partial charge in [0.15, 0.2) is 0 Å². The minimum atomic E-state index is -1.42. The van der Waals surface area contributed by atoms with E-state index < -0.39 is 40.4 Å². The van der Waals surface area contributed by atoms with Crippen LogP contribution < -0.4 is 16.0 Å². The third-order valence-electron chi connectivity index (χ3n) is 9.00.